The summed E-state index contributed by atoms with van der Waals surface area (Å²) >= 11 is 0. The Morgan fingerprint density at radius 1 is 0.969 bits per heavy atom. The van der Waals surface area contributed by atoms with Crippen molar-refractivity contribution in [1.82, 2.24) is 15.1 Å². The number of hydrogen-bond donors (Lipinski definition) is 1. The van der Waals surface area contributed by atoms with E-state index in [9.17, 15) is 8.42 Å². The van der Waals surface area contributed by atoms with E-state index in [1.165, 1.54) is 6.07 Å². The average molecular weight is 454 g/mol. The van der Waals surface area contributed by atoms with E-state index in [0.29, 0.717) is 23.7 Å². The van der Waals surface area contributed by atoms with Crippen LogP contribution in [0.2, 0.25) is 0 Å². The zero-order valence-corrected chi connectivity index (χ0v) is 19.0. The summed E-state index contributed by atoms with van der Waals surface area (Å²) in [5, 5.41) is 8.76. The minimum absolute atomic E-state index is 0.101. The molecule has 0 amide bonds. The van der Waals surface area contributed by atoms with Gasteiger partial charge in [0.1, 0.15) is 10.6 Å². The molecule has 32 heavy (non-hydrogen) atoms. The number of aromatic nitrogens is 2. The van der Waals surface area contributed by atoms with Crippen LogP contribution in [-0.2, 0) is 10.0 Å². The van der Waals surface area contributed by atoms with E-state index in [2.05, 4.69) is 31.8 Å². The Bertz CT molecular complexity index is 1160. The fourth-order valence-electron chi connectivity index (χ4n) is 3.58. The first-order valence-electron chi connectivity index (χ1n) is 10.6. The molecule has 2 aromatic carbocycles. The second-order valence-corrected chi connectivity index (χ2v) is 9.28. The third-order valence-electron chi connectivity index (χ3n) is 5.33. The first-order chi connectivity index (χ1) is 15.5. The summed E-state index contributed by atoms with van der Waals surface area (Å²) in [4.78, 5) is 4.61. The third-order valence-corrected chi connectivity index (χ3v) is 6.75. The summed E-state index contributed by atoms with van der Waals surface area (Å²) in [5.74, 6) is 1.18. The highest BCUT2D eigenvalue weighted by Crippen LogP contribution is 2.27. The molecule has 1 fully saturated rings. The molecule has 0 saturated carbocycles. The summed E-state index contributed by atoms with van der Waals surface area (Å²) in [5.41, 5.74) is 1.90. The molecule has 2 heterocycles. The van der Waals surface area contributed by atoms with E-state index in [-0.39, 0.29) is 4.90 Å². The predicted molar refractivity (Wildman–Crippen MR) is 126 cm³/mol. The Morgan fingerprint density at radius 2 is 1.75 bits per heavy atom. The van der Waals surface area contributed by atoms with Crippen molar-refractivity contribution in [2.24, 2.45) is 0 Å². The fourth-order valence-corrected chi connectivity index (χ4v) is 4.78. The van der Waals surface area contributed by atoms with Crippen molar-refractivity contribution >= 4 is 21.5 Å². The molecule has 9 heteroatoms. The van der Waals surface area contributed by atoms with Gasteiger partial charge in [-0.1, -0.05) is 24.3 Å². The van der Waals surface area contributed by atoms with Gasteiger partial charge < -0.3 is 14.5 Å². The van der Waals surface area contributed by atoms with Gasteiger partial charge in [0.05, 0.1) is 12.3 Å². The Kier molecular flexibility index (Phi) is 6.57. The molecule has 4 rings (SSSR count). The van der Waals surface area contributed by atoms with Crippen LogP contribution >= 0.6 is 0 Å². The van der Waals surface area contributed by atoms with Gasteiger partial charge >= 0.3 is 0 Å². The maximum Gasteiger partial charge on any atom is 0.265 e. The Balaban J connectivity index is 1.53. The van der Waals surface area contributed by atoms with Crippen molar-refractivity contribution in [2.75, 3.05) is 49.5 Å². The average Bonchev–Trinajstić information content (AvgIpc) is 2.80. The maximum atomic E-state index is 13.0. The lowest BCUT2D eigenvalue weighted by atomic mass is 10.1. The summed E-state index contributed by atoms with van der Waals surface area (Å²) in [6.45, 7) is 6.03. The number of sulfonamides is 1. The molecule has 168 valence electrons. The van der Waals surface area contributed by atoms with Gasteiger partial charge in [0, 0.05) is 37.4 Å². The van der Waals surface area contributed by atoms with Crippen LogP contribution in [0.1, 0.15) is 6.92 Å². The van der Waals surface area contributed by atoms with Crippen molar-refractivity contribution in [3.8, 4) is 17.0 Å². The Morgan fingerprint density at radius 3 is 2.47 bits per heavy atom. The monoisotopic (exact) mass is 453 g/mol. The molecule has 8 nitrogen and oxygen atoms in total. The van der Waals surface area contributed by atoms with Crippen LogP contribution < -0.4 is 14.4 Å². The van der Waals surface area contributed by atoms with Crippen LogP contribution in [0, 0.1) is 0 Å². The second-order valence-electron chi connectivity index (χ2n) is 7.63. The van der Waals surface area contributed by atoms with Crippen LogP contribution in [0.15, 0.2) is 65.6 Å². The van der Waals surface area contributed by atoms with Gasteiger partial charge in [-0.15, -0.1) is 10.2 Å². The second kappa shape index (κ2) is 9.54. The molecule has 0 radical (unpaired) electrons. The SMILES string of the molecule is CCOc1ccccc1S(=O)(=O)Nc1cccc(-c2ccc(N3CCN(C)CC3)nn2)c1. The van der Waals surface area contributed by atoms with Crippen LogP contribution in [0.5, 0.6) is 5.75 Å². The number of para-hydroxylation sites is 1. The first-order valence-corrected chi connectivity index (χ1v) is 12.1. The molecule has 0 aliphatic carbocycles. The summed E-state index contributed by atoms with van der Waals surface area (Å²) < 4.78 is 34.0. The lowest BCUT2D eigenvalue weighted by Gasteiger charge is -2.32. The van der Waals surface area contributed by atoms with Gasteiger partial charge in [0.25, 0.3) is 10.0 Å². The number of anilines is 2. The van der Waals surface area contributed by atoms with E-state index in [4.69, 9.17) is 4.74 Å². The quantitative estimate of drug-likeness (QED) is 0.588. The van der Waals surface area contributed by atoms with Crippen LogP contribution in [0.4, 0.5) is 11.5 Å². The topological polar surface area (TPSA) is 87.7 Å². The maximum absolute atomic E-state index is 13.0. The molecule has 3 aromatic rings. The highest BCUT2D eigenvalue weighted by molar-refractivity contribution is 7.92. The van der Waals surface area contributed by atoms with E-state index in [1.807, 2.05) is 25.1 Å². The molecule has 1 aliphatic rings. The normalized spacial score (nSPS) is 14.9. The van der Waals surface area contributed by atoms with Gasteiger partial charge in [-0.25, -0.2) is 8.42 Å². The molecule has 0 unspecified atom stereocenters. The van der Waals surface area contributed by atoms with Crippen molar-refractivity contribution in [3.05, 3.63) is 60.7 Å². The largest absolute Gasteiger partial charge is 0.492 e. The lowest BCUT2D eigenvalue weighted by molar-refractivity contribution is 0.312. The Hall–Kier alpha value is -3.17. The molecule has 0 atom stereocenters. The van der Waals surface area contributed by atoms with Gasteiger partial charge in [-0.3, -0.25) is 4.72 Å². The van der Waals surface area contributed by atoms with E-state index in [1.54, 1.807) is 36.4 Å². The van der Waals surface area contributed by atoms with Gasteiger partial charge in [0.15, 0.2) is 5.82 Å². The van der Waals surface area contributed by atoms with E-state index >= 15 is 0 Å². The standard InChI is InChI=1S/C23H27N5O3S/c1-3-31-21-9-4-5-10-22(21)32(29,30)26-19-8-6-7-18(17-19)20-11-12-23(25-24-20)28-15-13-27(2)14-16-28/h4-12,17,26H,3,13-16H2,1-2H3. The zero-order valence-electron chi connectivity index (χ0n) is 18.2. The number of rotatable bonds is 7. The van der Waals surface area contributed by atoms with Crippen molar-refractivity contribution in [3.63, 3.8) is 0 Å². The molecular weight excluding hydrogens is 426 g/mol. The number of nitrogens with one attached hydrogen (secondary N) is 1. The zero-order chi connectivity index (χ0) is 22.6. The molecule has 1 saturated heterocycles. The molecule has 0 spiro atoms. The molecule has 1 aliphatic heterocycles. The molecule has 1 aromatic heterocycles. The fraction of sp³-hybridized carbons (Fsp3) is 0.304. The van der Waals surface area contributed by atoms with E-state index < -0.39 is 10.0 Å². The van der Waals surface area contributed by atoms with Gasteiger partial charge in [-0.05, 0) is 50.4 Å². The number of benzene rings is 2. The number of nitrogens with zero attached hydrogens (tertiary/aromatic N) is 4. The first kappa shape index (κ1) is 22.0. The smallest absolute Gasteiger partial charge is 0.265 e. The highest BCUT2D eigenvalue weighted by atomic mass is 32.2. The molecule has 0 bridgehead atoms. The highest BCUT2D eigenvalue weighted by Gasteiger charge is 2.20. The van der Waals surface area contributed by atoms with Gasteiger partial charge in [-0.2, -0.15) is 0 Å². The number of likely N-dealkylation sites (N-methyl/N-ethyl adjacent to an activating group) is 1. The molecular formula is C23H27N5O3S. The predicted octanol–water partition coefficient (Wildman–Crippen LogP) is 3.09. The third kappa shape index (κ3) is 5.00. The van der Waals surface area contributed by atoms with Gasteiger partial charge in [0.2, 0.25) is 0 Å². The summed E-state index contributed by atoms with van der Waals surface area (Å²) in [6, 6.07) is 17.6. The number of hydrogen-bond acceptors (Lipinski definition) is 7. The van der Waals surface area contributed by atoms with Crippen LogP contribution in [-0.4, -0.2) is 63.3 Å². The molecule has 1 N–H and O–H groups in total. The summed E-state index contributed by atoms with van der Waals surface area (Å²) in [6.07, 6.45) is 0. The minimum atomic E-state index is -3.81. The van der Waals surface area contributed by atoms with Crippen LogP contribution in [0.3, 0.4) is 0 Å². The van der Waals surface area contributed by atoms with Crippen molar-refractivity contribution in [1.29, 1.82) is 0 Å². The van der Waals surface area contributed by atoms with Crippen LogP contribution in [0.25, 0.3) is 11.3 Å². The number of piperazine rings is 1. The van der Waals surface area contributed by atoms with E-state index in [0.717, 1.165) is 37.6 Å². The summed E-state index contributed by atoms with van der Waals surface area (Å²) in [7, 11) is -1.70. The van der Waals surface area contributed by atoms with Crippen molar-refractivity contribution < 1.29 is 13.2 Å². The van der Waals surface area contributed by atoms with Crippen molar-refractivity contribution in [2.45, 2.75) is 11.8 Å². The Labute approximate surface area is 188 Å². The minimum Gasteiger partial charge on any atom is -0.492 e. The lowest BCUT2D eigenvalue weighted by Crippen LogP contribution is -2.44. The number of ether oxygens (including phenoxy) is 1.